The monoisotopic (exact) mass is 428 g/mol. The van der Waals surface area contributed by atoms with Crippen LogP contribution in [-0.2, 0) is 19.6 Å². The van der Waals surface area contributed by atoms with E-state index in [1.54, 1.807) is 6.92 Å². The number of methoxy groups -OCH3 is 1. The molecule has 0 saturated heterocycles. The zero-order chi connectivity index (χ0) is 15.5. The summed E-state index contributed by atoms with van der Waals surface area (Å²) in [6.07, 6.45) is 0. The number of hydrogen-bond acceptors (Lipinski definition) is 5. The number of carbonyl (C=O) groups is 1. The molecule has 112 valence electrons. The molecule has 0 aromatic heterocycles. The number of sulfonamides is 1. The first-order valence-corrected chi connectivity index (χ1v) is 8.58. The van der Waals surface area contributed by atoms with Gasteiger partial charge in [0.25, 0.3) is 0 Å². The second-order valence-corrected chi connectivity index (χ2v) is 7.40. The summed E-state index contributed by atoms with van der Waals surface area (Å²) in [5.74, 6) is -0.627. The molecule has 1 rings (SSSR count). The SMILES string of the molecule is CCN(CC(=O)OC)S(=O)(=O)c1c(Br)cc(N)cc1Br. The summed E-state index contributed by atoms with van der Waals surface area (Å²) >= 11 is 6.37. The number of benzene rings is 1. The van der Waals surface area contributed by atoms with Gasteiger partial charge in [-0.2, -0.15) is 4.31 Å². The van der Waals surface area contributed by atoms with Gasteiger partial charge in [0.05, 0.1) is 7.11 Å². The smallest absolute Gasteiger partial charge is 0.321 e. The van der Waals surface area contributed by atoms with Gasteiger partial charge < -0.3 is 10.5 Å². The second-order valence-electron chi connectivity index (χ2n) is 3.82. The van der Waals surface area contributed by atoms with Crippen molar-refractivity contribution in [3.05, 3.63) is 21.1 Å². The van der Waals surface area contributed by atoms with Crippen molar-refractivity contribution in [2.24, 2.45) is 0 Å². The van der Waals surface area contributed by atoms with E-state index >= 15 is 0 Å². The van der Waals surface area contributed by atoms with Crippen LogP contribution >= 0.6 is 31.9 Å². The first-order chi connectivity index (χ1) is 9.23. The number of rotatable bonds is 5. The highest BCUT2D eigenvalue weighted by atomic mass is 79.9. The van der Waals surface area contributed by atoms with Crippen LogP contribution in [0.15, 0.2) is 26.0 Å². The van der Waals surface area contributed by atoms with E-state index in [4.69, 9.17) is 5.73 Å². The van der Waals surface area contributed by atoms with Gasteiger partial charge in [-0.3, -0.25) is 4.79 Å². The molecule has 0 aliphatic carbocycles. The summed E-state index contributed by atoms with van der Waals surface area (Å²) in [6.45, 7) is 1.43. The molecule has 0 saturated carbocycles. The molecule has 0 atom stereocenters. The molecule has 0 heterocycles. The number of nitrogens with zero attached hydrogens (tertiary/aromatic N) is 1. The molecule has 1 aromatic rings. The predicted octanol–water partition coefficient (Wildman–Crippen LogP) is 1.98. The standard InChI is InChI=1S/C11H14Br2N2O4S/c1-3-15(6-10(16)19-2)20(17,18)11-8(12)4-7(14)5-9(11)13/h4-5H,3,6,14H2,1-2H3. The topological polar surface area (TPSA) is 89.7 Å². The fourth-order valence-corrected chi connectivity index (χ4v) is 5.46. The molecule has 6 nitrogen and oxygen atoms in total. The van der Waals surface area contributed by atoms with Crippen molar-refractivity contribution in [3.63, 3.8) is 0 Å². The molecule has 0 amide bonds. The summed E-state index contributed by atoms with van der Waals surface area (Å²) in [5.41, 5.74) is 6.06. The van der Waals surface area contributed by atoms with Crippen molar-refractivity contribution in [1.82, 2.24) is 4.31 Å². The Balaban J connectivity index is 3.31. The van der Waals surface area contributed by atoms with E-state index in [1.807, 2.05) is 0 Å². The summed E-state index contributed by atoms with van der Waals surface area (Å²) in [7, 11) is -2.65. The lowest BCUT2D eigenvalue weighted by atomic mass is 10.3. The van der Waals surface area contributed by atoms with Gasteiger partial charge in [0.1, 0.15) is 11.4 Å². The van der Waals surface area contributed by atoms with Gasteiger partial charge in [-0.1, -0.05) is 6.92 Å². The van der Waals surface area contributed by atoms with Gasteiger partial charge in [0.2, 0.25) is 10.0 Å². The van der Waals surface area contributed by atoms with Crippen molar-refractivity contribution in [2.75, 3.05) is 25.9 Å². The molecule has 2 N–H and O–H groups in total. The fourth-order valence-electron chi connectivity index (χ4n) is 1.53. The average molecular weight is 430 g/mol. The predicted molar refractivity (Wildman–Crippen MR) is 82.7 cm³/mol. The van der Waals surface area contributed by atoms with Crippen molar-refractivity contribution >= 4 is 53.5 Å². The Hall–Kier alpha value is -0.640. The maximum absolute atomic E-state index is 12.6. The number of likely N-dealkylation sites (N-methyl/N-ethyl adjacent to an activating group) is 1. The Morgan fingerprint density at radius 2 is 1.85 bits per heavy atom. The molecule has 20 heavy (non-hydrogen) atoms. The van der Waals surface area contributed by atoms with E-state index in [2.05, 4.69) is 36.6 Å². The van der Waals surface area contributed by atoms with Crippen LogP contribution in [0.5, 0.6) is 0 Å². The van der Waals surface area contributed by atoms with Gasteiger partial charge in [-0.05, 0) is 44.0 Å². The quantitative estimate of drug-likeness (QED) is 0.570. The van der Waals surface area contributed by atoms with Crippen LogP contribution in [0.3, 0.4) is 0 Å². The maximum Gasteiger partial charge on any atom is 0.321 e. The Morgan fingerprint density at radius 3 is 2.25 bits per heavy atom. The highest BCUT2D eigenvalue weighted by Gasteiger charge is 2.29. The summed E-state index contributed by atoms with van der Waals surface area (Å²) in [4.78, 5) is 11.3. The lowest BCUT2D eigenvalue weighted by Crippen LogP contribution is -2.36. The van der Waals surface area contributed by atoms with Gasteiger partial charge in [-0.25, -0.2) is 8.42 Å². The molecule has 0 radical (unpaired) electrons. The van der Waals surface area contributed by atoms with Crippen LogP contribution in [0.1, 0.15) is 6.92 Å². The van der Waals surface area contributed by atoms with E-state index in [0.29, 0.717) is 14.6 Å². The van der Waals surface area contributed by atoms with Crippen molar-refractivity contribution in [2.45, 2.75) is 11.8 Å². The molecule has 0 fully saturated rings. The number of nitrogens with two attached hydrogens (primary N) is 1. The summed E-state index contributed by atoms with van der Waals surface area (Å²) in [6, 6.07) is 2.98. The van der Waals surface area contributed by atoms with E-state index in [0.717, 1.165) is 4.31 Å². The van der Waals surface area contributed by atoms with Crippen LogP contribution in [0.4, 0.5) is 5.69 Å². The number of halogens is 2. The minimum atomic E-state index is -3.85. The van der Waals surface area contributed by atoms with Gasteiger partial charge in [0, 0.05) is 21.2 Å². The summed E-state index contributed by atoms with van der Waals surface area (Å²) in [5, 5.41) is 0. The van der Waals surface area contributed by atoms with Crippen molar-refractivity contribution < 1.29 is 17.9 Å². The highest BCUT2D eigenvalue weighted by Crippen LogP contribution is 2.34. The van der Waals surface area contributed by atoms with Crippen LogP contribution in [0.2, 0.25) is 0 Å². The number of nitrogen functional groups attached to an aromatic ring is 1. The number of hydrogen-bond donors (Lipinski definition) is 1. The van der Waals surface area contributed by atoms with Crippen LogP contribution in [-0.4, -0.2) is 38.9 Å². The normalized spacial score (nSPS) is 11.7. The fraction of sp³-hybridized carbons (Fsp3) is 0.364. The van der Waals surface area contributed by atoms with Gasteiger partial charge in [-0.15, -0.1) is 0 Å². The van der Waals surface area contributed by atoms with Crippen LogP contribution in [0.25, 0.3) is 0 Å². The molecular weight excluding hydrogens is 416 g/mol. The Kier molecular flexibility index (Phi) is 5.99. The number of anilines is 1. The minimum Gasteiger partial charge on any atom is -0.468 e. The van der Waals surface area contributed by atoms with Crippen molar-refractivity contribution in [3.8, 4) is 0 Å². The summed E-state index contributed by atoms with van der Waals surface area (Å²) < 4.78 is 31.4. The van der Waals surface area contributed by atoms with Crippen molar-refractivity contribution in [1.29, 1.82) is 0 Å². The number of carbonyl (C=O) groups excluding carboxylic acids is 1. The third-order valence-electron chi connectivity index (χ3n) is 2.50. The van der Waals surface area contributed by atoms with Gasteiger partial charge >= 0.3 is 5.97 Å². The van der Waals surface area contributed by atoms with Crippen LogP contribution in [0, 0.1) is 0 Å². The number of esters is 1. The molecule has 0 spiro atoms. The maximum atomic E-state index is 12.6. The van der Waals surface area contributed by atoms with E-state index < -0.39 is 16.0 Å². The average Bonchev–Trinajstić information content (AvgIpc) is 2.33. The molecule has 0 aliphatic rings. The number of ether oxygens (including phenoxy) is 1. The Bertz CT molecular complexity index is 596. The molecule has 9 heteroatoms. The minimum absolute atomic E-state index is 0.0254. The second kappa shape index (κ2) is 6.88. The zero-order valence-electron chi connectivity index (χ0n) is 10.9. The lowest BCUT2D eigenvalue weighted by molar-refractivity contribution is -0.140. The third kappa shape index (κ3) is 3.72. The molecule has 0 unspecified atom stereocenters. The molecule has 0 aliphatic heterocycles. The van der Waals surface area contributed by atoms with E-state index in [-0.39, 0.29) is 18.0 Å². The lowest BCUT2D eigenvalue weighted by Gasteiger charge is -2.21. The molecule has 0 bridgehead atoms. The zero-order valence-corrected chi connectivity index (χ0v) is 14.9. The Morgan fingerprint density at radius 1 is 1.35 bits per heavy atom. The van der Waals surface area contributed by atoms with E-state index in [9.17, 15) is 13.2 Å². The molecular formula is C11H14Br2N2O4S. The van der Waals surface area contributed by atoms with Crippen LogP contribution < -0.4 is 5.73 Å². The molecule has 1 aromatic carbocycles. The highest BCUT2D eigenvalue weighted by molar-refractivity contribution is 9.11. The first-order valence-electron chi connectivity index (χ1n) is 5.55. The van der Waals surface area contributed by atoms with Gasteiger partial charge in [0.15, 0.2) is 0 Å². The first kappa shape index (κ1) is 17.4. The largest absolute Gasteiger partial charge is 0.468 e. The van der Waals surface area contributed by atoms with E-state index in [1.165, 1.54) is 19.2 Å². The third-order valence-corrected chi connectivity index (χ3v) is 6.30. The Labute approximate surface area is 134 Å².